The number of rotatable bonds is 4. The number of likely N-dealkylation sites (tertiary alicyclic amines) is 1. The van der Waals surface area contributed by atoms with Gasteiger partial charge in [0.15, 0.2) is 5.65 Å². The highest BCUT2D eigenvalue weighted by atomic mass is 19.4. The van der Waals surface area contributed by atoms with Crippen LogP contribution in [0.2, 0.25) is 0 Å². The van der Waals surface area contributed by atoms with E-state index in [2.05, 4.69) is 4.98 Å². The molecule has 0 amide bonds. The van der Waals surface area contributed by atoms with Crippen molar-refractivity contribution < 1.29 is 26.7 Å². The Hall–Kier alpha value is -2.92. The number of fused-ring (bicyclic) bond motifs is 1. The van der Waals surface area contributed by atoms with Crippen LogP contribution in [0.1, 0.15) is 42.1 Å². The van der Waals surface area contributed by atoms with Crippen LogP contribution in [-0.4, -0.2) is 57.8 Å². The molecule has 0 radical (unpaired) electrons. The Morgan fingerprint density at radius 3 is 2.65 bits per heavy atom. The number of ether oxygens (including phenoxy) is 1. The lowest BCUT2D eigenvalue weighted by Gasteiger charge is -2.33. The van der Waals surface area contributed by atoms with Gasteiger partial charge in [0, 0.05) is 48.2 Å². The van der Waals surface area contributed by atoms with Gasteiger partial charge in [-0.15, -0.1) is 0 Å². The molecule has 0 N–H and O–H groups in total. The smallest absolute Gasteiger partial charge is 0.378 e. The molecule has 198 valence electrons. The fraction of sp³-hybridized carbons (Fsp3) is 0.500. The van der Waals surface area contributed by atoms with E-state index in [4.69, 9.17) is 9.72 Å². The van der Waals surface area contributed by atoms with Crippen LogP contribution in [0.4, 0.5) is 22.0 Å². The Kier molecular flexibility index (Phi) is 6.78. The predicted molar refractivity (Wildman–Crippen MR) is 126 cm³/mol. The zero-order valence-corrected chi connectivity index (χ0v) is 20.5. The second-order valence-electron chi connectivity index (χ2n) is 9.99. The van der Waals surface area contributed by atoms with Crippen molar-refractivity contribution in [3.05, 3.63) is 63.3 Å². The lowest BCUT2D eigenvalue weighted by molar-refractivity contribution is -0.144. The zero-order chi connectivity index (χ0) is 26.5. The van der Waals surface area contributed by atoms with E-state index < -0.39 is 24.4 Å². The van der Waals surface area contributed by atoms with Gasteiger partial charge in [0.1, 0.15) is 17.3 Å². The van der Waals surface area contributed by atoms with Crippen LogP contribution >= 0.6 is 0 Å². The van der Waals surface area contributed by atoms with Crippen LogP contribution in [0.25, 0.3) is 16.9 Å². The monoisotopic (exact) mass is 522 g/mol. The molecule has 2 aromatic heterocycles. The number of hydrogen-bond donors (Lipinski definition) is 0. The van der Waals surface area contributed by atoms with Crippen molar-refractivity contribution in [3.8, 4) is 11.3 Å². The highest BCUT2D eigenvalue weighted by Gasteiger charge is 2.39. The van der Waals surface area contributed by atoms with E-state index in [9.17, 15) is 26.7 Å². The van der Waals surface area contributed by atoms with Crippen molar-refractivity contribution >= 4 is 5.65 Å². The number of aromatic nitrogens is 3. The molecule has 0 unspecified atom stereocenters. The molecular weight excluding hydrogens is 495 g/mol. The highest BCUT2D eigenvalue weighted by molar-refractivity contribution is 5.74. The normalized spacial score (nSPS) is 23.2. The van der Waals surface area contributed by atoms with Crippen LogP contribution in [0.15, 0.2) is 29.2 Å². The summed E-state index contributed by atoms with van der Waals surface area (Å²) in [7, 11) is 0. The van der Waals surface area contributed by atoms with Gasteiger partial charge in [0.05, 0.1) is 18.3 Å². The molecule has 3 atom stereocenters. The van der Waals surface area contributed by atoms with Crippen molar-refractivity contribution in [2.45, 2.75) is 51.3 Å². The predicted octanol–water partition coefficient (Wildman–Crippen LogP) is 4.80. The van der Waals surface area contributed by atoms with Crippen molar-refractivity contribution in [1.82, 2.24) is 19.3 Å². The van der Waals surface area contributed by atoms with Gasteiger partial charge in [-0.3, -0.25) is 14.1 Å². The van der Waals surface area contributed by atoms with E-state index in [-0.39, 0.29) is 40.4 Å². The Labute approximate surface area is 210 Å². The van der Waals surface area contributed by atoms with E-state index in [0.29, 0.717) is 55.9 Å². The molecule has 6 nitrogen and oxygen atoms in total. The van der Waals surface area contributed by atoms with E-state index in [0.717, 1.165) is 12.1 Å². The largest absolute Gasteiger partial charge is 0.401 e. The number of halogens is 5. The summed E-state index contributed by atoms with van der Waals surface area (Å²) in [5, 5.41) is 0. The second kappa shape index (κ2) is 9.75. The van der Waals surface area contributed by atoms with Crippen molar-refractivity contribution in [2.24, 2.45) is 5.92 Å². The summed E-state index contributed by atoms with van der Waals surface area (Å²) in [5.41, 5.74) is 1.49. The van der Waals surface area contributed by atoms with Crippen LogP contribution in [0.3, 0.4) is 0 Å². The SMILES string of the molecule is Cc1nc2c(-c3ccc(F)cc3F)nc([C@H]3CCO[C@@H]([C@H]4CCN(CC(F)(F)F)C4)C3)cn2c(=O)c1C. The average Bonchev–Trinajstić information content (AvgIpc) is 3.29. The van der Waals surface area contributed by atoms with Crippen LogP contribution in [0.5, 0.6) is 0 Å². The lowest BCUT2D eigenvalue weighted by atomic mass is 9.86. The quantitative estimate of drug-likeness (QED) is 0.461. The first kappa shape index (κ1) is 25.7. The van der Waals surface area contributed by atoms with Gasteiger partial charge in [-0.25, -0.2) is 18.7 Å². The first-order chi connectivity index (χ1) is 17.5. The minimum absolute atomic E-state index is 0.0260. The number of aryl methyl sites for hydroxylation is 1. The summed E-state index contributed by atoms with van der Waals surface area (Å²) in [4.78, 5) is 23.8. The fourth-order valence-corrected chi connectivity index (χ4v) is 5.40. The maximum atomic E-state index is 14.8. The maximum Gasteiger partial charge on any atom is 0.401 e. The minimum Gasteiger partial charge on any atom is -0.378 e. The standard InChI is InChI=1S/C26H27F5N4O2/c1-14-15(2)32-24-23(19-4-3-18(27)10-20(19)28)33-21(12-35(24)25(14)36)16-6-8-37-22(9-16)17-5-7-34(11-17)13-26(29,30)31/h3-4,10,12,16-17,22H,5-9,11,13H2,1-2H3/t16-,17-,22+/m0/s1. The molecule has 37 heavy (non-hydrogen) atoms. The van der Waals surface area contributed by atoms with Gasteiger partial charge >= 0.3 is 6.18 Å². The van der Waals surface area contributed by atoms with Crippen molar-refractivity contribution in [2.75, 3.05) is 26.2 Å². The van der Waals surface area contributed by atoms with Crippen LogP contribution in [0, 0.1) is 31.4 Å². The number of hydrogen-bond acceptors (Lipinski definition) is 5. The topological polar surface area (TPSA) is 59.7 Å². The molecule has 2 fully saturated rings. The second-order valence-corrected chi connectivity index (χ2v) is 9.99. The summed E-state index contributed by atoms with van der Waals surface area (Å²) in [6, 6.07) is 3.16. The molecule has 2 saturated heterocycles. The zero-order valence-electron chi connectivity index (χ0n) is 20.5. The third-order valence-corrected chi connectivity index (χ3v) is 7.46. The van der Waals surface area contributed by atoms with Crippen LogP contribution < -0.4 is 5.56 Å². The Morgan fingerprint density at radius 1 is 1.14 bits per heavy atom. The van der Waals surface area contributed by atoms with Gasteiger partial charge in [-0.05, 0) is 57.7 Å². The van der Waals surface area contributed by atoms with Gasteiger partial charge in [-0.1, -0.05) is 0 Å². The molecule has 0 spiro atoms. The molecule has 3 aromatic rings. The third-order valence-electron chi connectivity index (χ3n) is 7.46. The van der Waals surface area contributed by atoms with E-state index >= 15 is 0 Å². The van der Waals surface area contributed by atoms with E-state index in [1.54, 1.807) is 20.0 Å². The van der Waals surface area contributed by atoms with Gasteiger partial charge < -0.3 is 4.74 Å². The Morgan fingerprint density at radius 2 is 1.92 bits per heavy atom. The molecule has 2 aliphatic heterocycles. The number of benzene rings is 1. The summed E-state index contributed by atoms with van der Waals surface area (Å²) < 4.78 is 74.3. The molecule has 11 heteroatoms. The lowest BCUT2D eigenvalue weighted by Crippen LogP contribution is -2.36. The fourth-order valence-electron chi connectivity index (χ4n) is 5.40. The Bertz CT molecular complexity index is 1390. The average molecular weight is 523 g/mol. The molecule has 0 saturated carbocycles. The number of alkyl halides is 3. The third kappa shape index (κ3) is 5.24. The molecule has 0 bridgehead atoms. The van der Waals surface area contributed by atoms with Crippen molar-refractivity contribution in [3.63, 3.8) is 0 Å². The first-order valence-corrected chi connectivity index (χ1v) is 12.3. The van der Waals surface area contributed by atoms with Crippen molar-refractivity contribution in [1.29, 1.82) is 0 Å². The minimum atomic E-state index is -4.25. The number of nitrogens with zero attached hydrogens (tertiary/aromatic N) is 4. The summed E-state index contributed by atoms with van der Waals surface area (Å²) in [6.45, 7) is 3.46. The summed E-state index contributed by atoms with van der Waals surface area (Å²) in [6.07, 6.45) is -1.18. The van der Waals surface area contributed by atoms with Gasteiger partial charge in [0.2, 0.25) is 0 Å². The highest BCUT2D eigenvalue weighted by Crippen LogP contribution is 2.37. The molecular formula is C26H27F5N4O2. The van der Waals surface area contributed by atoms with E-state index in [1.807, 2.05) is 0 Å². The Balaban J connectivity index is 1.51. The summed E-state index contributed by atoms with van der Waals surface area (Å²) >= 11 is 0. The van der Waals surface area contributed by atoms with Gasteiger partial charge in [0.25, 0.3) is 5.56 Å². The first-order valence-electron chi connectivity index (χ1n) is 12.3. The molecule has 4 heterocycles. The molecule has 2 aliphatic rings. The van der Waals surface area contributed by atoms with E-state index in [1.165, 1.54) is 15.4 Å². The van der Waals surface area contributed by atoms with Gasteiger partial charge in [-0.2, -0.15) is 13.2 Å². The van der Waals surface area contributed by atoms with Crippen LogP contribution in [-0.2, 0) is 4.74 Å². The molecule has 0 aliphatic carbocycles. The summed E-state index contributed by atoms with van der Waals surface area (Å²) in [5.74, 6) is -1.76. The maximum absolute atomic E-state index is 14.8. The molecule has 5 rings (SSSR count). The molecule has 1 aromatic carbocycles.